The number of benzene rings is 1. The van der Waals surface area contributed by atoms with Crippen LogP contribution in [0.25, 0.3) is 0 Å². The lowest BCUT2D eigenvalue weighted by molar-refractivity contribution is 0.313. The van der Waals surface area contributed by atoms with Gasteiger partial charge in [0.25, 0.3) is 0 Å². The van der Waals surface area contributed by atoms with E-state index < -0.39 is 0 Å². The summed E-state index contributed by atoms with van der Waals surface area (Å²) in [7, 11) is 1.86. The Kier molecular flexibility index (Phi) is 7.00. The molecule has 0 spiro atoms. The summed E-state index contributed by atoms with van der Waals surface area (Å²) < 4.78 is 7.71. The lowest BCUT2D eigenvalue weighted by Crippen LogP contribution is -2.39. The van der Waals surface area contributed by atoms with Gasteiger partial charge in [0.15, 0.2) is 5.96 Å². The third kappa shape index (κ3) is 5.75. The molecular formula is C19H30N6O. The van der Waals surface area contributed by atoms with Gasteiger partial charge >= 0.3 is 0 Å². The number of nitrogens with one attached hydrogen (secondary N) is 2. The fraction of sp³-hybridized carbons (Fsp3) is 0.526. The number of aliphatic imine (C=N–C) groups is 1. The molecule has 0 amide bonds. The molecule has 7 heteroatoms. The number of nitrogens with zero attached hydrogens (tertiary/aromatic N) is 4. The molecular weight excluding hydrogens is 328 g/mol. The van der Waals surface area contributed by atoms with Gasteiger partial charge in [-0.3, -0.25) is 4.68 Å². The van der Waals surface area contributed by atoms with Gasteiger partial charge in [0, 0.05) is 13.6 Å². The molecule has 1 aromatic carbocycles. The summed E-state index contributed by atoms with van der Waals surface area (Å²) in [6.45, 7) is 11.1. The molecule has 2 aromatic rings. The molecule has 0 aliphatic carbocycles. The van der Waals surface area contributed by atoms with Crippen LogP contribution >= 0.6 is 0 Å². The van der Waals surface area contributed by atoms with Crippen LogP contribution in [0.1, 0.15) is 39.1 Å². The SMILES string of the molecule is CCNC(=NCc1ncnn1C)NCCOc1ccccc1C(C)(C)C. The van der Waals surface area contributed by atoms with Crippen molar-refractivity contribution in [1.29, 1.82) is 0 Å². The summed E-state index contributed by atoms with van der Waals surface area (Å²) in [5.41, 5.74) is 1.26. The molecule has 0 bridgehead atoms. The third-order valence-electron chi connectivity index (χ3n) is 3.88. The number of hydrogen-bond acceptors (Lipinski definition) is 4. The molecule has 1 heterocycles. The van der Waals surface area contributed by atoms with E-state index in [4.69, 9.17) is 4.74 Å². The second kappa shape index (κ2) is 9.22. The van der Waals surface area contributed by atoms with Crippen LogP contribution in [0.5, 0.6) is 5.75 Å². The van der Waals surface area contributed by atoms with Gasteiger partial charge in [0.2, 0.25) is 0 Å². The van der Waals surface area contributed by atoms with Crippen LogP contribution in [0.15, 0.2) is 35.6 Å². The molecule has 1 aromatic heterocycles. The first-order chi connectivity index (χ1) is 12.4. The van der Waals surface area contributed by atoms with Crippen LogP contribution in [0.4, 0.5) is 0 Å². The average molecular weight is 358 g/mol. The first-order valence-electron chi connectivity index (χ1n) is 8.99. The van der Waals surface area contributed by atoms with Crippen LogP contribution in [0, 0.1) is 0 Å². The lowest BCUT2D eigenvalue weighted by atomic mass is 9.86. The number of aryl methyl sites for hydroxylation is 1. The fourth-order valence-electron chi connectivity index (χ4n) is 2.50. The van der Waals surface area contributed by atoms with E-state index in [9.17, 15) is 0 Å². The zero-order valence-electron chi connectivity index (χ0n) is 16.4. The van der Waals surface area contributed by atoms with Crippen molar-refractivity contribution in [3.63, 3.8) is 0 Å². The van der Waals surface area contributed by atoms with Crippen molar-refractivity contribution >= 4 is 5.96 Å². The Hall–Kier alpha value is -2.57. The van der Waals surface area contributed by atoms with E-state index in [0.717, 1.165) is 24.1 Å². The van der Waals surface area contributed by atoms with E-state index in [1.807, 2.05) is 32.2 Å². The molecule has 0 aliphatic heterocycles. The van der Waals surface area contributed by atoms with Crippen LogP contribution < -0.4 is 15.4 Å². The van der Waals surface area contributed by atoms with Crippen molar-refractivity contribution in [3.05, 3.63) is 42.0 Å². The highest BCUT2D eigenvalue weighted by molar-refractivity contribution is 5.79. The van der Waals surface area contributed by atoms with E-state index in [1.165, 1.54) is 11.9 Å². The monoisotopic (exact) mass is 358 g/mol. The number of guanidine groups is 1. The maximum atomic E-state index is 5.99. The second-order valence-corrected chi connectivity index (χ2v) is 7.02. The molecule has 0 radical (unpaired) electrons. The maximum Gasteiger partial charge on any atom is 0.191 e. The summed E-state index contributed by atoms with van der Waals surface area (Å²) in [5, 5.41) is 10.6. The molecule has 7 nitrogen and oxygen atoms in total. The minimum atomic E-state index is 0.0521. The van der Waals surface area contributed by atoms with Gasteiger partial charge in [-0.15, -0.1) is 0 Å². The molecule has 2 N–H and O–H groups in total. The molecule has 142 valence electrons. The van der Waals surface area contributed by atoms with Crippen molar-refractivity contribution in [2.24, 2.45) is 12.0 Å². The third-order valence-corrected chi connectivity index (χ3v) is 3.88. The summed E-state index contributed by atoms with van der Waals surface area (Å²) in [6, 6.07) is 8.20. The minimum Gasteiger partial charge on any atom is -0.491 e. The summed E-state index contributed by atoms with van der Waals surface area (Å²) in [5.74, 6) is 2.49. The van der Waals surface area contributed by atoms with E-state index >= 15 is 0 Å². The van der Waals surface area contributed by atoms with E-state index in [-0.39, 0.29) is 5.41 Å². The molecule has 0 saturated heterocycles. The Morgan fingerprint density at radius 3 is 2.65 bits per heavy atom. The summed E-state index contributed by atoms with van der Waals surface area (Å²) >= 11 is 0. The van der Waals surface area contributed by atoms with Crippen molar-refractivity contribution < 1.29 is 4.74 Å². The highest BCUT2D eigenvalue weighted by Crippen LogP contribution is 2.30. The van der Waals surface area contributed by atoms with Gasteiger partial charge in [0.05, 0.1) is 6.54 Å². The normalized spacial score (nSPS) is 12.1. The zero-order valence-corrected chi connectivity index (χ0v) is 16.4. The molecule has 0 unspecified atom stereocenters. The Balaban J connectivity index is 1.88. The van der Waals surface area contributed by atoms with Crippen molar-refractivity contribution in [3.8, 4) is 5.75 Å². The minimum absolute atomic E-state index is 0.0521. The largest absolute Gasteiger partial charge is 0.491 e. The highest BCUT2D eigenvalue weighted by Gasteiger charge is 2.18. The second-order valence-electron chi connectivity index (χ2n) is 7.02. The van der Waals surface area contributed by atoms with Crippen LogP contribution in [-0.4, -0.2) is 40.4 Å². The summed E-state index contributed by atoms with van der Waals surface area (Å²) in [4.78, 5) is 8.71. The Morgan fingerprint density at radius 2 is 2.00 bits per heavy atom. The molecule has 26 heavy (non-hydrogen) atoms. The van der Waals surface area contributed by atoms with Crippen LogP contribution in [0.2, 0.25) is 0 Å². The number of ether oxygens (including phenoxy) is 1. The van der Waals surface area contributed by atoms with Crippen LogP contribution in [-0.2, 0) is 19.0 Å². The van der Waals surface area contributed by atoms with Crippen molar-refractivity contribution in [1.82, 2.24) is 25.4 Å². The number of para-hydroxylation sites is 1. The predicted octanol–water partition coefficient (Wildman–Crippen LogP) is 2.25. The Bertz CT molecular complexity index is 717. The fourth-order valence-corrected chi connectivity index (χ4v) is 2.50. The first kappa shape index (κ1) is 19.8. The average Bonchev–Trinajstić information content (AvgIpc) is 3.01. The molecule has 0 aliphatic rings. The zero-order chi connectivity index (χ0) is 19.0. The van der Waals surface area contributed by atoms with Crippen LogP contribution in [0.3, 0.4) is 0 Å². The summed E-state index contributed by atoms with van der Waals surface area (Å²) in [6.07, 6.45) is 1.53. The quantitative estimate of drug-likeness (QED) is 0.451. The topological polar surface area (TPSA) is 76.4 Å². The van der Waals surface area contributed by atoms with E-state index in [2.05, 4.69) is 52.5 Å². The predicted molar refractivity (Wildman–Crippen MR) is 104 cm³/mol. The van der Waals surface area contributed by atoms with Gasteiger partial charge in [-0.1, -0.05) is 39.0 Å². The van der Waals surface area contributed by atoms with Crippen molar-refractivity contribution in [2.45, 2.75) is 39.7 Å². The number of rotatable bonds is 7. The van der Waals surface area contributed by atoms with Gasteiger partial charge < -0.3 is 15.4 Å². The first-order valence-corrected chi connectivity index (χ1v) is 8.99. The molecule has 0 atom stereocenters. The number of hydrogen-bond donors (Lipinski definition) is 2. The van der Waals surface area contributed by atoms with Gasteiger partial charge in [-0.05, 0) is 24.0 Å². The van der Waals surface area contributed by atoms with Gasteiger partial charge in [-0.2, -0.15) is 5.10 Å². The van der Waals surface area contributed by atoms with E-state index in [0.29, 0.717) is 19.7 Å². The molecule has 0 fully saturated rings. The molecule has 2 rings (SSSR count). The Labute approximate surface area is 155 Å². The lowest BCUT2D eigenvalue weighted by Gasteiger charge is -2.22. The van der Waals surface area contributed by atoms with Crippen molar-refractivity contribution in [2.75, 3.05) is 19.7 Å². The standard InChI is InChI=1S/C19H30N6O/c1-6-20-18(22-13-17-23-14-24-25(17)5)21-11-12-26-16-10-8-7-9-15(16)19(2,3)4/h7-10,14H,6,11-13H2,1-5H3,(H2,20,21,22). The van der Waals surface area contributed by atoms with Gasteiger partial charge in [0.1, 0.15) is 31.1 Å². The van der Waals surface area contributed by atoms with E-state index in [1.54, 1.807) is 4.68 Å². The Morgan fingerprint density at radius 1 is 1.23 bits per heavy atom. The maximum absolute atomic E-state index is 5.99. The van der Waals surface area contributed by atoms with Gasteiger partial charge in [-0.25, -0.2) is 9.98 Å². The molecule has 0 saturated carbocycles. The highest BCUT2D eigenvalue weighted by atomic mass is 16.5. The smallest absolute Gasteiger partial charge is 0.191 e. The number of aromatic nitrogens is 3.